The number of aromatic carboxylic acids is 1. The first-order valence-corrected chi connectivity index (χ1v) is 6.84. The maximum atomic E-state index is 10.7. The van der Waals surface area contributed by atoms with Crippen molar-refractivity contribution in [2.45, 2.75) is 13.8 Å². The minimum atomic E-state index is -1.21. The Balaban J connectivity index is 1.88. The molecule has 0 spiro atoms. The van der Waals surface area contributed by atoms with Crippen LogP contribution in [-0.4, -0.2) is 36.8 Å². The average Bonchev–Trinajstić information content (AvgIpc) is 3.11. The summed E-state index contributed by atoms with van der Waals surface area (Å²) < 4.78 is 3.14. The highest BCUT2D eigenvalue weighted by Gasteiger charge is 2.10. The monoisotopic (exact) mass is 309 g/mol. The predicted octanol–water partition coefficient (Wildman–Crippen LogP) is 0.326. The van der Waals surface area contributed by atoms with Gasteiger partial charge in [0, 0.05) is 5.69 Å². The van der Waals surface area contributed by atoms with Crippen molar-refractivity contribution in [3.63, 3.8) is 0 Å². The Labute approximate surface area is 131 Å². The molecule has 23 heavy (non-hydrogen) atoms. The van der Waals surface area contributed by atoms with Crippen molar-refractivity contribution in [1.29, 1.82) is 0 Å². The summed E-state index contributed by atoms with van der Waals surface area (Å²) in [5.41, 5.74) is 2.65. The number of carboxylic acids is 1. The zero-order valence-corrected chi connectivity index (χ0v) is 12.5. The standard InChI is InChI=1S/C15H14N6O2/c1-10-7-11(2)21(19-10)15-18-16-9-20(15)17-8-12-3-5-13(6-4-12)14(22)23/h3-9H,1-2H3,(H,22,23)/p-1/b17-8-. The van der Waals surface area contributed by atoms with Crippen molar-refractivity contribution in [3.05, 3.63) is 59.2 Å². The van der Waals surface area contributed by atoms with Crippen LogP contribution in [0.15, 0.2) is 41.8 Å². The van der Waals surface area contributed by atoms with E-state index in [2.05, 4.69) is 20.4 Å². The summed E-state index contributed by atoms with van der Waals surface area (Å²) in [5.74, 6) is -0.739. The molecule has 0 aliphatic carbocycles. The molecule has 0 aliphatic heterocycles. The van der Waals surface area contributed by atoms with E-state index in [-0.39, 0.29) is 5.56 Å². The third-order valence-electron chi connectivity index (χ3n) is 3.19. The summed E-state index contributed by atoms with van der Waals surface area (Å²) in [6.07, 6.45) is 3.05. The molecular weight excluding hydrogens is 296 g/mol. The first-order valence-electron chi connectivity index (χ1n) is 6.84. The third-order valence-corrected chi connectivity index (χ3v) is 3.19. The highest BCUT2D eigenvalue weighted by atomic mass is 16.4. The first kappa shape index (κ1) is 14.6. The summed E-state index contributed by atoms with van der Waals surface area (Å²) in [6.45, 7) is 3.81. The van der Waals surface area contributed by atoms with Gasteiger partial charge in [0.15, 0.2) is 0 Å². The second-order valence-corrected chi connectivity index (χ2v) is 4.97. The Morgan fingerprint density at radius 2 is 2.00 bits per heavy atom. The van der Waals surface area contributed by atoms with E-state index in [1.54, 1.807) is 23.0 Å². The van der Waals surface area contributed by atoms with Gasteiger partial charge in [-0.2, -0.15) is 14.9 Å². The second kappa shape index (κ2) is 5.84. The molecule has 0 saturated heterocycles. The molecule has 0 unspecified atom stereocenters. The van der Waals surface area contributed by atoms with E-state index in [1.807, 2.05) is 19.9 Å². The van der Waals surface area contributed by atoms with Crippen LogP contribution in [0.4, 0.5) is 0 Å². The van der Waals surface area contributed by atoms with Crippen LogP contribution in [0.1, 0.15) is 27.3 Å². The van der Waals surface area contributed by atoms with Crippen molar-refractivity contribution in [2.75, 3.05) is 0 Å². The molecule has 0 radical (unpaired) electrons. The number of aromatic nitrogens is 5. The molecule has 0 bridgehead atoms. The Morgan fingerprint density at radius 3 is 2.61 bits per heavy atom. The topological polar surface area (TPSA) is 101 Å². The van der Waals surface area contributed by atoms with E-state index in [9.17, 15) is 9.90 Å². The van der Waals surface area contributed by atoms with Crippen molar-refractivity contribution in [1.82, 2.24) is 24.7 Å². The quantitative estimate of drug-likeness (QED) is 0.646. The fraction of sp³-hybridized carbons (Fsp3) is 0.133. The Hall–Kier alpha value is -3.29. The Bertz CT molecular complexity index is 876. The van der Waals surface area contributed by atoms with E-state index >= 15 is 0 Å². The third kappa shape index (κ3) is 3.00. The minimum absolute atomic E-state index is 0.120. The molecule has 1 aromatic carbocycles. The lowest BCUT2D eigenvalue weighted by molar-refractivity contribution is -0.255. The zero-order chi connectivity index (χ0) is 16.4. The highest BCUT2D eigenvalue weighted by molar-refractivity contribution is 5.87. The molecule has 8 heteroatoms. The fourth-order valence-corrected chi connectivity index (χ4v) is 2.11. The minimum Gasteiger partial charge on any atom is -0.545 e. The molecule has 0 atom stereocenters. The molecule has 0 amide bonds. The van der Waals surface area contributed by atoms with Gasteiger partial charge in [-0.25, -0.2) is 4.68 Å². The number of aryl methyl sites for hydroxylation is 2. The summed E-state index contributed by atoms with van der Waals surface area (Å²) in [6, 6.07) is 8.14. The van der Waals surface area contributed by atoms with Gasteiger partial charge in [0.25, 0.3) is 5.95 Å². The van der Waals surface area contributed by atoms with Crippen LogP contribution in [0, 0.1) is 13.8 Å². The average molecular weight is 309 g/mol. The van der Waals surface area contributed by atoms with Gasteiger partial charge in [0.2, 0.25) is 0 Å². The van der Waals surface area contributed by atoms with Gasteiger partial charge in [0.05, 0.1) is 17.9 Å². The summed E-state index contributed by atoms with van der Waals surface area (Å²) in [7, 11) is 0. The van der Waals surface area contributed by atoms with Crippen LogP contribution in [0.2, 0.25) is 0 Å². The van der Waals surface area contributed by atoms with Gasteiger partial charge >= 0.3 is 0 Å². The maximum absolute atomic E-state index is 10.7. The second-order valence-electron chi connectivity index (χ2n) is 4.97. The van der Waals surface area contributed by atoms with Crippen LogP contribution >= 0.6 is 0 Å². The zero-order valence-electron chi connectivity index (χ0n) is 12.5. The summed E-state index contributed by atoms with van der Waals surface area (Å²) in [4.78, 5) is 10.7. The van der Waals surface area contributed by atoms with Crippen molar-refractivity contribution in [3.8, 4) is 5.95 Å². The van der Waals surface area contributed by atoms with Crippen molar-refractivity contribution < 1.29 is 9.90 Å². The van der Waals surface area contributed by atoms with Crippen molar-refractivity contribution in [2.24, 2.45) is 5.10 Å². The van der Waals surface area contributed by atoms with Gasteiger partial charge < -0.3 is 9.90 Å². The summed E-state index contributed by atoms with van der Waals surface area (Å²) >= 11 is 0. The highest BCUT2D eigenvalue weighted by Crippen LogP contribution is 2.09. The van der Waals surface area contributed by atoms with E-state index in [1.165, 1.54) is 23.1 Å². The predicted molar refractivity (Wildman–Crippen MR) is 80.4 cm³/mol. The number of carbonyl (C=O) groups excluding carboxylic acids is 1. The Morgan fingerprint density at radius 1 is 1.26 bits per heavy atom. The fourth-order valence-electron chi connectivity index (χ4n) is 2.11. The smallest absolute Gasteiger partial charge is 0.273 e. The Kier molecular flexibility index (Phi) is 3.71. The molecule has 2 heterocycles. The number of carboxylic acid groups (broad SMARTS) is 1. The SMILES string of the molecule is Cc1cc(C)n(-c2nncn2/N=C\c2ccc(C(=O)[O-])cc2)n1. The van der Waals surface area contributed by atoms with Gasteiger partial charge in [-0.15, -0.1) is 10.2 Å². The van der Waals surface area contributed by atoms with Gasteiger partial charge in [-0.1, -0.05) is 24.3 Å². The maximum Gasteiger partial charge on any atom is 0.273 e. The van der Waals surface area contributed by atoms with Crippen LogP contribution in [0.25, 0.3) is 5.95 Å². The number of benzene rings is 1. The molecular formula is C15H13N6O2-. The largest absolute Gasteiger partial charge is 0.545 e. The molecule has 8 nitrogen and oxygen atoms in total. The molecule has 3 rings (SSSR count). The number of hydrogen-bond donors (Lipinski definition) is 0. The van der Waals surface area contributed by atoms with E-state index in [4.69, 9.17) is 0 Å². The molecule has 116 valence electrons. The normalized spacial score (nSPS) is 11.2. The number of hydrogen-bond acceptors (Lipinski definition) is 6. The summed E-state index contributed by atoms with van der Waals surface area (Å²) in [5, 5.41) is 27.2. The molecule has 0 saturated carbocycles. The molecule has 0 aliphatic rings. The molecule has 0 N–H and O–H groups in total. The van der Waals surface area contributed by atoms with E-state index in [0.717, 1.165) is 17.0 Å². The molecule has 2 aromatic heterocycles. The number of carbonyl (C=O) groups is 1. The lowest BCUT2D eigenvalue weighted by Gasteiger charge is -2.03. The van der Waals surface area contributed by atoms with Crippen LogP contribution in [0.5, 0.6) is 0 Å². The van der Waals surface area contributed by atoms with Crippen LogP contribution in [-0.2, 0) is 0 Å². The van der Waals surface area contributed by atoms with Crippen LogP contribution < -0.4 is 5.11 Å². The van der Waals surface area contributed by atoms with Gasteiger partial charge in [-0.3, -0.25) is 0 Å². The van der Waals surface area contributed by atoms with Crippen molar-refractivity contribution >= 4 is 12.2 Å². The lowest BCUT2D eigenvalue weighted by atomic mass is 10.1. The molecule has 0 fully saturated rings. The number of rotatable bonds is 4. The van der Waals surface area contributed by atoms with Gasteiger partial charge in [0.1, 0.15) is 6.33 Å². The van der Waals surface area contributed by atoms with E-state index < -0.39 is 5.97 Å². The van der Waals surface area contributed by atoms with Gasteiger partial charge in [-0.05, 0) is 31.0 Å². The van der Waals surface area contributed by atoms with Crippen LogP contribution in [0.3, 0.4) is 0 Å². The molecule has 3 aromatic rings. The van der Waals surface area contributed by atoms with E-state index in [0.29, 0.717) is 5.95 Å². The lowest BCUT2D eigenvalue weighted by Crippen LogP contribution is -2.21. The number of nitrogens with zero attached hydrogens (tertiary/aromatic N) is 6. The first-order chi connectivity index (χ1) is 11.0.